The molecule has 0 bridgehead atoms. The lowest BCUT2D eigenvalue weighted by molar-refractivity contribution is -0.117. The number of benzene rings is 2. The van der Waals surface area contributed by atoms with Crippen LogP contribution in [0.2, 0.25) is 0 Å². The first-order valence-electron chi connectivity index (χ1n) is 9.98. The molecule has 3 aromatic rings. The zero-order chi connectivity index (χ0) is 21.5. The van der Waals surface area contributed by atoms with E-state index in [1.807, 2.05) is 45.0 Å². The number of hydrogen-bond acceptors (Lipinski definition) is 5. The lowest BCUT2D eigenvalue weighted by Crippen LogP contribution is -2.14. The number of rotatable bonds is 8. The van der Waals surface area contributed by atoms with Gasteiger partial charge in [0, 0.05) is 36.2 Å². The molecule has 2 aromatic carbocycles. The molecule has 0 aliphatic heterocycles. The van der Waals surface area contributed by atoms with Gasteiger partial charge in [0.2, 0.25) is 23.6 Å². The molecule has 0 aliphatic rings. The van der Waals surface area contributed by atoms with Gasteiger partial charge in [-0.1, -0.05) is 31.5 Å². The second-order valence-corrected chi connectivity index (χ2v) is 7.64. The van der Waals surface area contributed by atoms with Crippen molar-refractivity contribution in [3.8, 4) is 11.5 Å². The molecule has 0 radical (unpaired) electrons. The highest BCUT2D eigenvalue weighted by Gasteiger charge is 2.11. The molecule has 2 N–H and O–H groups in total. The second kappa shape index (κ2) is 9.82. The summed E-state index contributed by atoms with van der Waals surface area (Å²) in [6.07, 6.45) is 1.05. The van der Waals surface area contributed by atoms with Crippen molar-refractivity contribution >= 4 is 23.2 Å². The van der Waals surface area contributed by atoms with Crippen molar-refractivity contribution in [2.24, 2.45) is 5.92 Å². The van der Waals surface area contributed by atoms with Crippen LogP contribution < -0.4 is 10.6 Å². The molecular weight excluding hydrogens is 380 g/mol. The van der Waals surface area contributed by atoms with E-state index in [9.17, 15) is 9.59 Å². The predicted molar refractivity (Wildman–Crippen MR) is 116 cm³/mol. The van der Waals surface area contributed by atoms with Gasteiger partial charge in [-0.25, -0.2) is 0 Å². The Morgan fingerprint density at radius 2 is 1.50 bits per heavy atom. The first-order chi connectivity index (χ1) is 14.4. The van der Waals surface area contributed by atoms with Gasteiger partial charge in [0.1, 0.15) is 0 Å². The lowest BCUT2D eigenvalue weighted by Gasteiger charge is -2.09. The van der Waals surface area contributed by atoms with E-state index in [1.165, 1.54) is 0 Å². The number of nitrogens with zero attached hydrogens (tertiary/aromatic N) is 2. The Bertz CT molecular complexity index is 992. The summed E-state index contributed by atoms with van der Waals surface area (Å²) in [7, 11) is 0. The number of nitrogens with one attached hydrogen (secondary N) is 2. The Balaban J connectivity index is 1.48. The summed E-state index contributed by atoms with van der Waals surface area (Å²) in [4.78, 5) is 24.0. The van der Waals surface area contributed by atoms with Crippen LogP contribution in [0.5, 0.6) is 0 Å². The zero-order valence-electron chi connectivity index (χ0n) is 17.4. The van der Waals surface area contributed by atoms with Gasteiger partial charge in [-0.15, -0.1) is 10.2 Å². The van der Waals surface area contributed by atoms with Crippen molar-refractivity contribution in [1.82, 2.24) is 10.2 Å². The van der Waals surface area contributed by atoms with Crippen molar-refractivity contribution in [3.63, 3.8) is 0 Å². The molecule has 0 spiro atoms. The number of aryl methyl sites for hydroxylation is 2. The lowest BCUT2D eigenvalue weighted by atomic mass is 10.1. The molecular formula is C23H26N4O3. The largest absolute Gasteiger partial charge is 0.421 e. The van der Waals surface area contributed by atoms with Gasteiger partial charge >= 0.3 is 0 Å². The van der Waals surface area contributed by atoms with Crippen LogP contribution >= 0.6 is 0 Å². The van der Waals surface area contributed by atoms with E-state index in [-0.39, 0.29) is 18.2 Å². The van der Waals surface area contributed by atoms with Crippen molar-refractivity contribution in [3.05, 3.63) is 60.0 Å². The molecule has 0 saturated carbocycles. The number of hydrogen-bond donors (Lipinski definition) is 2. The van der Waals surface area contributed by atoms with Gasteiger partial charge in [0.25, 0.3) is 0 Å². The van der Waals surface area contributed by atoms with Gasteiger partial charge in [0.15, 0.2) is 0 Å². The Kier molecular flexibility index (Phi) is 6.95. The van der Waals surface area contributed by atoms with E-state index in [4.69, 9.17) is 4.42 Å². The van der Waals surface area contributed by atoms with Crippen LogP contribution in [-0.4, -0.2) is 22.0 Å². The maximum Gasteiger partial charge on any atom is 0.247 e. The molecule has 0 fully saturated rings. The summed E-state index contributed by atoms with van der Waals surface area (Å²) in [5, 5.41) is 13.7. The van der Waals surface area contributed by atoms with Crippen LogP contribution in [0.25, 0.3) is 11.5 Å². The predicted octanol–water partition coefficient (Wildman–Crippen LogP) is 4.60. The molecule has 0 saturated heterocycles. The summed E-state index contributed by atoms with van der Waals surface area (Å²) in [5.41, 5.74) is 3.37. The van der Waals surface area contributed by atoms with Crippen LogP contribution in [0.3, 0.4) is 0 Å². The minimum Gasteiger partial charge on any atom is -0.421 e. The van der Waals surface area contributed by atoms with E-state index >= 15 is 0 Å². The van der Waals surface area contributed by atoms with E-state index in [0.717, 1.165) is 11.1 Å². The highest BCUT2D eigenvalue weighted by Crippen LogP contribution is 2.19. The van der Waals surface area contributed by atoms with Crippen LogP contribution in [0, 0.1) is 12.8 Å². The Labute approximate surface area is 175 Å². The van der Waals surface area contributed by atoms with E-state index < -0.39 is 0 Å². The smallest absolute Gasteiger partial charge is 0.247 e. The molecule has 1 aromatic heterocycles. The van der Waals surface area contributed by atoms with Crippen molar-refractivity contribution in [2.75, 3.05) is 10.6 Å². The molecule has 1 heterocycles. The van der Waals surface area contributed by atoms with Gasteiger partial charge in [-0.3, -0.25) is 9.59 Å². The number of aromatic nitrogens is 2. The maximum absolute atomic E-state index is 12.2. The number of carbonyl (C=O) groups is 2. The summed E-state index contributed by atoms with van der Waals surface area (Å²) in [5.74, 6) is 0.993. The third-order valence-corrected chi connectivity index (χ3v) is 4.38. The molecule has 156 valence electrons. The van der Waals surface area contributed by atoms with Crippen LogP contribution in [0.4, 0.5) is 11.4 Å². The Hall–Kier alpha value is -3.48. The summed E-state index contributed by atoms with van der Waals surface area (Å²) in [6.45, 7) is 6.00. The van der Waals surface area contributed by atoms with Gasteiger partial charge in [-0.2, -0.15) is 0 Å². The minimum atomic E-state index is -0.151. The Morgan fingerprint density at radius 3 is 2.10 bits per heavy atom. The van der Waals surface area contributed by atoms with Gasteiger partial charge < -0.3 is 15.1 Å². The van der Waals surface area contributed by atoms with E-state index in [2.05, 4.69) is 20.8 Å². The van der Waals surface area contributed by atoms with E-state index in [1.54, 1.807) is 24.3 Å². The molecule has 30 heavy (non-hydrogen) atoms. The average molecular weight is 406 g/mol. The third kappa shape index (κ3) is 6.27. The molecule has 2 amide bonds. The number of carbonyl (C=O) groups excluding carboxylic acids is 2. The number of anilines is 2. The maximum atomic E-state index is 12.2. The van der Waals surface area contributed by atoms with Crippen molar-refractivity contribution < 1.29 is 14.0 Å². The van der Waals surface area contributed by atoms with Crippen LogP contribution in [0.1, 0.15) is 38.1 Å². The van der Waals surface area contributed by atoms with Crippen molar-refractivity contribution in [1.29, 1.82) is 0 Å². The fourth-order valence-electron chi connectivity index (χ4n) is 2.83. The number of amides is 2. The third-order valence-electron chi connectivity index (χ3n) is 4.38. The SMILES string of the molecule is Cc1ccc(-c2nnc(CCC(=O)Nc3ccc(NC(=O)CC(C)C)cc3)o2)cc1. The molecule has 7 heteroatoms. The molecule has 0 aliphatic carbocycles. The molecule has 7 nitrogen and oxygen atoms in total. The van der Waals surface area contributed by atoms with E-state index in [0.29, 0.717) is 41.9 Å². The normalized spacial score (nSPS) is 10.8. The molecule has 0 atom stereocenters. The first kappa shape index (κ1) is 21.2. The summed E-state index contributed by atoms with van der Waals surface area (Å²) in [6, 6.07) is 14.8. The molecule has 0 unspecified atom stereocenters. The van der Waals surface area contributed by atoms with Crippen LogP contribution in [-0.2, 0) is 16.0 Å². The quantitative estimate of drug-likeness (QED) is 0.570. The summed E-state index contributed by atoms with van der Waals surface area (Å²) < 4.78 is 5.65. The first-order valence-corrected chi connectivity index (χ1v) is 9.98. The minimum absolute atomic E-state index is 0.0219. The monoisotopic (exact) mass is 406 g/mol. The fourth-order valence-corrected chi connectivity index (χ4v) is 2.83. The molecule has 3 rings (SSSR count). The Morgan fingerprint density at radius 1 is 0.900 bits per heavy atom. The van der Waals surface area contributed by atoms with Gasteiger partial charge in [0.05, 0.1) is 0 Å². The topological polar surface area (TPSA) is 97.1 Å². The standard InChI is InChI=1S/C23H26N4O3/c1-15(2)14-21(29)25-19-10-8-18(9-11-19)24-20(28)12-13-22-26-27-23(30-22)17-6-4-16(3)5-7-17/h4-11,15H,12-14H2,1-3H3,(H,24,28)(H,25,29). The fraction of sp³-hybridized carbons (Fsp3) is 0.304. The highest BCUT2D eigenvalue weighted by molar-refractivity contribution is 5.93. The average Bonchev–Trinajstić information content (AvgIpc) is 3.17. The summed E-state index contributed by atoms with van der Waals surface area (Å²) >= 11 is 0. The second-order valence-electron chi connectivity index (χ2n) is 7.64. The van der Waals surface area contributed by atoms with Gasteiger partial charge in [-0.05, 0) is 49.2 Å². The highest BCUT2D eigenvalue weighted by atomic mass is 16.4. The van der Waals surface area contributed by atoms with Crippen LogP contribution in [0.15, 0.2) is 52.9 Å². The zero-order valence-corrected chi connectivity index (χ0v) is 17.4. The van der Waals surface area contributed by atoms with Crippen molar-refractivity contribution in [2.45, 2.75) is 40.0 Å².